The molecule has 2 heterocycles. The fourth-order valence-corrected chi connectivity index (χ4v) is 3.11. The minimum atomic E-state index is 0.567. The molecular formula is C15H26N2O. The molecule has 1 saturated heterocycles. The Balaban J connectivity index is 2.07. The van der Waals surface area contributed by atoms with Gasteiger partial charge < -0.3 is 10.2 Å². The van der Waals surface area contributed by atoms with Crippen LogP contribution in [-0.4, -0.2) is 17.5 Å². The second-order valence-corrected chi connectivity index (χ2v) is 5.99. The van der Waals surface area contributed by atoms with Crippen molar-refractivity contribution >= 4 is 0 Å². The predicted molar refractivity (Wildman–Crippen MR) is 74.2 cm³/mol. The highest BCUT2D eigenvalue weighted by molar-refractivity contribution is 5.20. The monoisotopic (exact) mass is 250 g/mol. The molecule has 18 heavy (non-hydrogen) atoms. The van der Waals surface area contributed by atoms with Gasteiger partial charge in [-0.05, 0) is 38.2 Å². The maximum atomic E-state index is 5.81. The Morgan fingerprint density at radius 1 is 1.39 bits per heavy atom. The van der Waals surface area contributed by atoms with Gasteiger partial charge >= 0.3 is 0 Å². The molecule has 3 heteroatoms. The molecule has 102 valence electrons. The van der Waals surface area contributed by atoms with Crippen molar-refractivity contribution in [2.45, 2.75) is 53.2 Å². The highest BCUT2D eigenvalue weighted by Crippen LogP contribution is 2.28. The first kappa shape index (κ1) is 13.6. The predicted octanol–water partition coefficient (Wildman–Crippen LogP) is 2.91. The van der Waals surface area contributed by atoms with Crippen molar-refractivity contribution in [2.24, 2.45) is 17.6 Å². The van der Waals surface area contributed by atoms with Crippen LogP contribution in [0.15, 0.2) is 10.5 Å². The van der Waals surface area contributed by atoms with Gasteiger partial charge in [0, 0.05) is 24.7 Å². The minimum absolute atomic E-state index is 0.567. The summed E-state index contributed by atoms with van der Waals surface area (Å²) >= 11 is 0. The van der Waals surface area contributed by atoms with E-state index in [1.54, 1.807) is 0 Å². The van der Waals surface area contributed by atoms with Crippen LogP contribution in [0.1, 0.15) is 44.3 Å². The summed E-state index contributed by atoms with van der Waals surface area (Å²) in [4.78, 5) is 2.54. The SMILES string of the molecule is Cc1oc(CN2CC(C)CC(C)C2C)cc1CN. The van der Waals surface area contributed by atoms with Crippen LogP contribution in [0.25, 0.3) is 0 Å². The third-order valence-corrected chi connectivity index (χ3v) is 4.37. The van der Waals surface area contributed by atoms with Crippen molar-refractivity contribution in [2.75, 3.05) is 6.54 Å². The first-order chi connectivity index (χ1) is 8.51. The molecule has 3 unspecified atom stereocenters. The molecule has 0 aliphatic carbocycles. The minimum Gasteiger partial charge on any atom is -0.465 e. The molecule has 1 aliphatic heterocycles. The Bertz CT molecular complexity index is 399. The lowest BCUT2D eigenvalue weighted by Crippen LogP contribution is -2.45. The van der Waals surface area contributed by atoms with E-state index in [1.807, 2.05) is 6.92 Å². The third kappa shape index (κ3) is 2.78. The van der Waals surface area contributed by atoms with E-state index < -0.39 is 0 Å². The number of piperidine rings is 1. The average Bonchev–Trinajstić information content (AvgIpc) is 2.65. The number of aryl methyl sites for hydroxylation is 1. The summed E-state index contributed by atoms with van der Waals surface area (Å²) in [7, 11) is 0. The van der Waals surface area contributed by atoms with E-state index in [1.165, 1.54) is 13.0 Å². The van der Waals surface area contributed by atoms with E-state index in [2.05, 4.69) is 31.7 Å². The topological polar surface area (TPSA) is 42.4 Å². The van der Waals surface area contributed by atoms with E-state index in [0.717, 1.165) is 35.5 Å². The lowest BCUT2D eigenvalue weighted by Gasteiger charge is -2.40. The van der Waals surface area contributed by atoms with E-state index >= 15 is 0 Å². The second-order valence-electron chi connectivity index (χ2n) is 5.99. The standard InChI is InChI=1S/C15H26N2O/c1-10-5-11(2)12(3)17(8-10)9-15-6-14(7-16)13(4)18-15/h6,10-12H,5,7-9,16H2,1-4H3. The Kier molecular flexibility index (Phi) is 4.13. The number of likely N-dealkylation sites (tertiary alicyclic amines) is 1. The smallest absolute Gasteiger partial charge is 0.118 e. The molecule has 2 rings (SSSR count). The van der Waals surface area contributed by atoms with Gasteiger partial charge in [-0.15, -0.1) is 0 Å². The fraction of sp³-hybridized carbons (Fsp3) is 0.733. The number of rotatable bonds is 3. The van der Waals surface area contributed by atoms with Gasteiger partial charge in [-0.25, -0.2) is 0 Å². The molecule has 0 saturated carbocycles. The summed E-state index contributed by atoms with van der Waals surface area (Å²) in [5, 5.41) is 0. The van der Waals surface area contributed by atoms with Crippen LogP contribution < -0.4 is 5.73 Å². The Morgan fingerprint density at radius 3 is 2.72 bits per heavy atom. The van der Waals surface area contributed by atoms with E-state index in [0.29, 0.717) is 12.6 Å². The summed E-state index contributed by atoms with van der Waals surface area (Å²) in [5.74, 6) is 3.57. The molecule has 0 radical (unpaired) electrons. The summed E-state index contributed by atoms with van der Waals surface area (Å²) in [6.07, 6.45) is 1.34. The quantitative estimate of drug-likeness (QED) is 0.897. The normalized spacial score (nSPS) is 29.7. The van der Waals surface area contributed by atoms with Crippen LogP contribution in [0, 0.1) is 18.8 Å². The first-order valence-electron chi connectivity index (χ1n) is 7.03. The average molecular weight is 250 g/mol. The number of furan rings is 1. The molecule has 0 amide bonds. The van der Waals surface area contributed by atoms with Crippen molar-refractivity contribution in [3.63, 3.8) is 0 Å². The fourth-order valence-electron chi connectivity index (χ4n) is 3.11. The Hall–Kier alpha value is -0.800. The zero-order valence-corrected chi connectivity index (χ0v) is 12.1. The van der Waals surface area contributed by atoms with Gasteiger partial charge in [0.05, 0.1) is 6.54 Å². The molecule has 0 bridgehead atoms. The zero-order valence-electron chi connectivity index (χ0n) is 12.1. The molecule has 3 nitrogen and oxygen atoms in total. The molecule has 1 fully saturated rings. The van der Waals surface area contributed by atoms with Crippen LogP contribution in [-0.2, 0) is 13.1 Å². The van der Waals surface area contributed by atoms with Crippen LogP contribution in [0.3, 0.4) is 0 Å². The van der Waals surface area contributed by atoms with Gasteiger partial charge in [0.25, 0.3) is 0 Å². The first-order valence-corrected chi connectivity index (χ1v) is 7.03. The van der Waals surface area contributed by atoms with Gasteiger partial charge in [0.1, 0.15) is 11.5 Å². The maximum absolute atomic E-state index is 5.81. The molecule has 0 spiro atoms. The zero-order chi connectivity index (χ0) is 13.3. The number of nitrogens with two attached hydrogens (primary N) is 1. The number of hydrogen-bond acceptors (Lipinski definition) is 3. The molecule has 1 aromatic rings. The maximum Gasteiger partial charge on any atom is 0.118 e. The number of nitrogens with zero attached hydrogens (tertiary/aromatic N) is 1. The third-order valence-electron chi connectivity index (χ3n) is 4.37. The molecule has 1 aromatic heterocycles. The van der Waals surface area contributed by atoms with Crippen molar-refractivity contribution in [3.05, 3.63) is 23.2 Å². The van der Waals surface area contributed by atoms with E-state index in [-0.39, 0.29) is 0 Å². The van der Waals surface area contributed by atoms with Crippen molar-refractivity contribution in [1.29, 1.82) is 0 Å². The summed E-state index contributed by atoms with van der Waals surface area (Å²) in [6.45, 7) is 11.7. The van der Waals surface area contributed by atoms with Crippen LogP contribution in [0.2, 0.25) is 0 Å². The Morgan fingerprint density at radius 2 is 2.11 bits per heavy atom. The Labute approximate surface area is 110 Å². The van der Waals surface area contributed by atoms with E-state index in [9.17, 15) is 0 Å². The van der Waals surface area contributed by atoms with Gasteiger partial charge in [-0.2, -0.15) is 0 Å². The molecule has 2 N–H and O–H groups in total. The largest absolute Gasteiger partial charge is 0.465 e. The van der Waals surface area contributed by atoms with Crippen molar-refractivity contribution < 1.29 is 4.42 Å². The summed E-state index contributed by atoms with van der Waals surface area (Å²) < 4.78 is 5.81. The van der Waals surface area contributed by atoms with Crippen LogP contribution >= 0.6 is 0 Å². The van der Waals surface area contributed by atoms with Crippen LogP contribution in [0.5, 0.6) is 0 Å². The van der Waals surface area contributed by atoms with Gasteiger partial charge in [0.2, 0.25) is 0 Å². The van der Waals surface area contributed by atoms with E-state index in [4.69, 9.17) is 10.2 Å². The molecular weight excluding hydrogens is 224 g/mol. The highest BCUT2D eigenvalue weighted by atomic mass is 16.3. The summed E-state index contributed by atoms with van der Waals surface area (Å²) in [5.41, 5.74) is 6.83. The lowest BCUT2D eigenvalue weighted by atomic mass is 9.86. The number of hydrogen-bond donors (Lipinski definition) is 1. The second kappa shape index (κ2) is 5.45. The lowest BCUT2D eigenvalue weighted by molar-refractivity contribution is 0.0666. The van der Waals surface area contributed by atoms with Gasteiger partial charge in [-0.3, -0.25) is 4.90 Å². The van der Waals surface area contributed by atoms with Crippen molar-refractivity contribution in [1.82, 2.24) is 4.90 Å². The van der Waals surface area contributed by atoms with Crippen LogP contribution in [0.4, 0.5) is 0 Å². The van der Waals surface area contributed by atoms with Gasteiger partial charge in [-0.1, -0.05) is 13.8 Å². The van der Waals surface area contributed by atoms with Gasteiger partial charge in [0.15, 0.2) is 0 Å². The molecule has 1 aliphatic rings. The molecule has 3 atom stereocenters. The summed E-state index contributed by atoms with van der Waals surface area (Å²) in [6, 6.07) is 2.75. The molecule has 0 aromatic carbocycles. The van der Waals surface area contributed by atoms with Crippen molar-refractivity contribution in [3.8, 4) is 0 Å². The highest BCUT2D eigenvalue weighted by Gasteiger charge is 2.29.